The molecule has 0 amide bonds. The molecule has 2 N–H and O–H groups in total. The van der Waals surface area contributed by atoms with E-state index in [9.17, 15) is 0 Å². The van der Waals surface area contributed by atoms with Gasteiger partial charge in [0.05, 0.1) is 5.60 Å². The van der Waals surface area contributed by atoms with Crippen molar-refractivity contribution >= 4 is 5.96 Å². The Balaban J connectivity index is 1.62. The van der Waals surface area contributed by atoms with E-state index in [1.54, 1.807) is 0 Å². The van der Waals surface area contributed by atoms with Gasteiger partial charge in [0, 0.05) is 26.2 Å². The van der Waals surface area contributed by atoms with E-state index >= 15 is 0 Å². The zero-order valence-corrected chi connectivity index (χ0v) is 15.8. The predicted octanol–water partition coefficient (Wildman–Crippen LogP) is 2.06. The van der Waals surface area contributed by atoms with Crippen LogP contribution < -0.4 is 10.6 Å². The molecule has 0 radical (unpaired) electrons. The van der Waals surface area contributed by atoms with Crippen molar-refractivity contribution in [3.8, 4) is 0 Å². The van der Waals surface area contributed by atoms with Crippen LogP contribution in [-0.4, -0.2) is 45.5 Å². The lowest BCUT2D eigenvalue weighted by atomic mass is 9.78. The molecule has 0 bridgehead atoms. The summed E-state index contributed by atoms with van der Waals surface area (Å²) in [6.07, 6.45) is 8.48. The summed E-state index contributed by atoms with van der Waals surface area (Å²) in [5.41, 5.74) is 0.103. The van der Waals surface area contributed by atoms with Crippen LogP contribution in [0.1, 0.15) is 63.5 Å². The van der Waals surface area contributed by atoms with Gasteiger partial charge in [-0.1, -0.05) is 19.3 Å². The molecule has 7 heteroatoms. The van der Waals surface area contributed by atoms with Crippen molar-refractivity contribution < 1.29 is 4.74 Å². The summed E-state index contributed by atoms with van der Waals surface area (Å²) < 4.78 is 8.19. The third kappa shape index (κ3) is 4.51. The number of guanidine groups is 1. The minimum absolute atomic E-state index is 0.103. The van der Waals surface area contributed by atoms with Crippen LogP contribution in [0.3, 0.4) is 0 Å². The second-order valence-corrected chi connectivity index (χ2v) is 7.34. The average molecular weight is 348 g/mol. The Labute approximate surface area is 150 Å². The lowest BCUT2D eigenvalue weighted by Gasteiger charge is -2.44. The molecule has 3 rings (SSSR count). The number of aryl methyl sites for hydroxylation is 1. The Bertz CT molecular complexity index is 585. The van der Waals surface area contributed by atoms with E-state index in [4.69, 9.17) is 9.73 Å². The second kappa shape index (κ2) is 8.17. The molecule has 7 nitrogen and oxygen atoms in total. The van der Waals surface area contributed by atoms with Gasteiger partial charge in [-0.3, -0.25) is 0 Å². The fourth-order valence-corrected chi connectivity index (χ4v) is 3.95. The average Bonchev–Trinajstić information content (AvgIpc) is 2.92. The van der Waals surface area contributed by atoms with E-state index in [2.05, 4.69) is 27.8 Å². The minimum atomic E-state index is 0.103. The number of hydrogen-bond acceptors (Lipinski definition) is 4. The van der Waals surface area contributed by atoms with E-state index in [-0.39, 0.29) is 5.60 Å². The maximum atomic E-state index is 6.20. The van der Waals surface area contributed by atoms with Crippen LogP contribution in [0.25, 0.3) is 0 Å². The first-order valence-corrected chi connectivity index (χ1v) is 9.65. The Morgan fingerprint density at radius 2 is 2.12 bits per heavy atom. The highest BCUT2D eigenvalue weighted by molar-refractivity contribution is 5.80. The molecular weight excluding hydrogens is 316 g/mol. The third-order valence-electron chi connectivity index (χ3n) is 5.50. The van der Waals surface area contributed by atoms with Crippen LogP contribution in [0.2, 0.25) is 0 Å². The molecule has 1 aromatic rings. The zero-order valence-electron chi connectivity index (χ0n) is 15.8. The van der Waals surface area contributed by atoms with Crippen LogP contribution in [0, 0.1) is 6.92 Å². The number of nitrogens with zero attached hydrogens (tertiary/aromatic N) is 4. The van der Waals surface area contributed by atoms with E-state index in [0.29, 0.717) is 12.6 Å². The Morgan fingerprint density at radius 3 is 2.80 bits per heavy atom. The van der Waals surface area contributed by atoms with Crippen molar-refractivity contribution in [2.75, 3.05) is 13.2 Å². The SMILES string of the molecule is CCNC(=NCc1nnc(C)n1C)NC1CCOC2(CCCCC2)C1. The van der Waals surface area contributed by atoms with Crippen molar-refractivity contribution in [3.05, 3.63) is 11.6 Å². The van der Waals surface area contributed by atoms with Crippen molar-refractivity contribution in [1.29, 1.82) is 0 Å². The number of rotatable bonds is 4. The number of aliphatic imine (C=N–C) groups is 1. The lowest BCUT2D eigenvalue weighted by molar-refractivity contribution is -0.107. The topological polar surface area (TPSA) is 76.4 Å². The fraction of sp³-hybridized carbons (Fsp3) is 0.833. The first-order valence-electron chi connectivity index (χ1n) is 9.65. The predicted molar refractivity (Wildman–Crippen MR) is 98.5 cm³/mol. The van der Waals surface area contributed by atoms with Gasteiger partial charge in [0.25, 0.3) is 0 Å². The first kappa shape index (κ1) is 18.2. The van der Waals surface area contributed by atoms with Gasteiger partial charge >= 0.3 is 0 Å². The normalized spacial score (nSPS) is 23.6. The summed E-state index contributed by atoms with van der Waals surface area (Å²) in [4.78, 5) is 4.72. The number of nitrogens with one attached hydrogen (secondary N) is 2. The minimum Gasteiger partial charge on any atom is -0.375 e. The number of hydrogen-bond donors (Lipinski definition) is 2. The van der Waals surface area contributed by atoms with Crippen molar-refractivity contribution in [1.82, 2.24) is 25.4 Å². The summed E-state index contributed by atoms with van der Waals surface area (Å²) in [6, 6.07) is 0.422. The van der Waals surface area contributed by atoms with E-state index in [1.807, 2.05) is 18.5 Å². The maximum absolute atomic E-state index is 6.20. The Kier molecular flexibility index (Phi) is 5.93. The van der Waals surface area contributed by atoms with Gasteiger partial charge < -0.3 is 19.9 Å². The molecular formula is C18H32N6O. The van der Waals surface area contributed by atoms with Gasteiger partial charge in [0.1, 0.15) is 12.4 Å². The molecule has 2 fully saturated rings. The van der Waals surface area contributed by atoms with Gasteiger partial charge in [-0.05, 0) is 39.5 Å². The molecule has 2 aliphatic rings. The molecule has 2 heterocycles. The summed E-state index contributed by atoms with van der Waals surface area (Å²) in [5.74, 6) is 2.65. The Hall–Kier alpha value is -1.63. The van der Waals surface area contributed by atoms with Crippen LogP contribution in [0.5, 0.6) is 0 Å². The van der Waals surface area contributed by atoms with Gasteiger partial charge in [-0.2, -0.15) is 0 Å². The molecule has 1 spiro atoms. The van der Waals surface area contributed by atoms with Crippen LogP contribution in [-0.2, 0) is 18.3 Å². The van der Waals surface area contributed by atoms with Gasteiger partial charge in [-0.15, -0.1) is 10.2 Å². The molecule has 0 aromatic carbocycles. The monoisotopic (exact) mass is 348 g/mol. The van der Waals surface area contributed by atoms with Gasteiger partial charge in [0.15, 0.2) is 11.8 Å². The maximum Gasteiger partial charge on any atom is 0.191 e. The highest BCUT2D eigenvalue weighted by Gasteiger charge is 2.38. The number of aromatic nitrogens is 3. The molecule has 1 aromatic heterocycles. The molecule has 1 unspecified atom stereocenters. The zero-order chi connectivity index (χ0) is 17.7. The number of ether oxygens (including phenoxy) is 1. The van der Waals surface area contributed by atoms with Crippen molar-refractivity contribution in [2.24, 2.45) is 12.0 Å². The van der Waals surface area contributed by atoms with Gasteiger partial charge in [-0.25, -0.2) is 4.99 Å². The molecule has 1 saturated heterocycles. The largest absolute Gasteiger partial charge is 0.375 e. The first-order chi connectivity index (χ1) is 12.1. The smallest absolute Gasteiger partial charge is 0.191 e. The highest BCUT2D eigenvalue weighted by atomic mass is 16.5. The van der Waals surface area contributed by atoms with E-state index in [0.717, 1.165) is 43.6 Å². The highest BCUT2D eigenvalue weighted by Crippen LogP contribution is 2.38. The van der Waals surface area contributed by atoms with E-state index < -0.39 is 0 Å². The Morgan fingerprint density at radius 1 is 1.32 bits per heavy atom. The van der Waals surface area contributed by atoms with Crippen LogP contribution in [0.15, 0.2) is 4.99 Å². The standard InChI is InChI=1S/C18H32N6O/c1-4-19-17(20-13-16-23-22-14(2)24(16)3)21-15-8-11-25-18(12-15)9-6-5-7-10-18/h15H,4-13H2,1-3H3,(H2,19,20,21). The molecule has 25 heavy (non-hydrogen) atoms. The van der Waals surface area contributed by atoms with Crippen molar-refractivity contribution in [2.45, 2.75) is 77.0 Å². The van der Waals surface area contributed by atoms with Gasteiger partial charge in [0.2, 0.25) is 0 Å². The summed E-state index contributed by atoms with van der Waals surface area (Å²) in [5, 5.41) is 15.3. The van der Waals surface area contributed by atoms with Crippen LogP contribution >= 0.6 is 0 Å². The summed E-state index contributed by atoms with van der Waals surface area (Å²) in [6.45, 7) is 6.27. The van der Waals surface area contributed by atoms with Crippen LogP contribution in [0.4, 0.5) is 0 Å². The summed E-state index contributed by atoms with van der Waals surface area (Å²) >= 11 is 0. The molecule has 140 valence electrons. The molecule has 1 aliphatic heterocycles. The molecule has 1 atom stereocenters. The summed E-state index contributed by atoms with van der Waals surface area (Å²) in [7, 11) is 1.98. The van der Waals surface area contributed by atoms with E-state index in [1.165, 1.54) is 32.1 Å². The fourth-order valence-electron chi connectivity index (χ4n) is 3.95. The third-order valence-corrected chi connectivity index (χ3v) is 5.50. The second-order valence-electron chi connectivity index (χ2n) is 7.34. The molecule has 1 aliphatic carbocycles. The molecule has 1 saturated carbocycles. The quantitative estimate of drug-likeness (QED) is 0.643. The lowest BCUT2D eigenvalue weighted by Crippen LogP contribution is -2.52. The van der Waals surface area contributed by atoms with Crippen molar-refractivity contribution in [3.63, 3.8) is 0 Å².